The number of hydrogen-bond donors (Lipinski definition) is 2. The Hall–Kier alpha value is -1.61. The zero-order chi connectivity index (χ0) is 18.9. The number of H-pyrrole nitrogens is 1. The number of hydrogen-bond acceptors (Lipinski definition) is 4. The second-order valence-electron chi connectivity index (χ2n) is 4.55. The minimum absolute atomic E-state index is 0.0323. The van der Waals surface area contributed by atoms with Crippen molar-refractivity contribution in [1.82, 2.24) is 4.98 Å². The van der Waals surface area contributed by atoms with Crippen LogP contribution in [0.1, 0.15) is 26.4 Å². The lowest BCUT2D eigenvalue weighted by atomic mass is 10.2. The predicted molar refractivity (Wildman–Crippen MR) is 89.7 cm³/mol. The van der Waals surface area contributed by atoms with Crippen LogP contribution in [0.15, 0.2) is 32.8 Å². The Morgan fingerprint density at radius 3 is 2.48 bits per heavy atom. The molecule has 0 unspecified atom stereocenters. The summed E-state index contributed by atoms with van der Waals surface area (Å²) in [5.74, 6) is -1.65. The number of halogens is 5. The Labute approximate surface area is 157 Å². The standard InChI is InChI=1S/C14H6Cl3F2NO4S/c15-6-2-1-5(4-21)10(16)11(6)25-7-3-8(14(17,18)19)20-12(22)9(7)13(23)24/h1-4H,(H,20,22)(H,23,24). The first kappa shape index (κ1) is 19.7. The summed E-state index contributed by atoms with van der Waals surface area (Å²) < 4.78 is 26.6. The van der Waals surface area contributed by atoms with Gasteiger partial charge in [0, 0.05) is 10.5 Å². The number of pyridine rings is 1. The van der Waals surface area contributed by atoms with E-state index in [4.69, 9.17) is 34.8 Å². The van der Waals surface area contributed by atoms with E-state index >= 15 is 0 Å². The number of carboxylic acids is 1. The molecule has 0 atom stereocenters. The third kappa shape index (κ3) is 4.14. The summed E-state index contributed by atoms with van der Waals surface area (Å²) in [6, 6.07) is 3.36. The Morgan fingerprint density at radius 2 is 1.96 bits per heavy atom. The van der Waals surface area contributed by atoms with E-state index in [0.717, 1.165) is 0 Å². The van der Waals surface area contributed by atoms with Crippen molar-refractivity contribution in [2.24, 2.45) is 0 Å². The van der Waals surface area contributed by atoms with E-state index < -0.39 is 28.2 Å². The van der Waals surface area contributed by atoms with Crippen molar-refractivity contribution < 1.29 is 23.5 Å². The maximum atomic E-state index is 13.3. The number of aromatic carboxylic acids is 1. The summed E-state index contributed by atoms with van der Waals surface area (Å²) in [7, 11) is 0. The SMILES string of the molecule is O=Cc1ccc(Cl)c(Sc2cc(C(F)(F)Cl)[nH]c(=O)c2C(=O)O)c1Cl. The monoisotopic (exact) mass is 427 g/mol. The molecule has 0 fully saturated rings. The number of rotatable bonds is 5. The summed E-state index contributed by atoms with van der Waals surface area (Å²) in [4.78, 5) is 35.5. The molecule has 132 valence electrons. The number of aldehydes is 1. The second-order valence-corrected chi connectivity index (χ2v) is 6.87. The van der Waals surface area contributed by atoms with Crippen molar-refractivity contribution in [3.05, 3.63) is 55.4 Å². The van der Waals surface area contributed by atoms with Crippen LogP contribution in [0, 0.1) is 0 Å². The molecule has 1 aromatic carbocycles. The molecule has 1 heterocycles. The molecule has 0 aliphatic heterocycles. The maximum Gasteiger partial charge on any atom is 0.362 e. The van der Waals surface area contributed by atoms with Gasteiger partial charge in [0.05, 0.1) is 14.9 Å². The van der Waals surface area contributed by atoms with Crippen LogP contribution in [0.25, 0.3) is 0 Å². The van der Waals surface area contributed by atoms with Crippen LogP contribution in [0.2, 0.25) is 10.0 Å². The van der Waals surface area contributed by atoms with E-state index in [1.165, 1.54) is 12.1 Å². The molecule has 0 spiro atoms. The molecular weight excluding hydrogens is 423 g/mol. The molecule has 11 heteroatoms. The van der Waals surface area contributed by atoms with Gasteiger partial charge in [-0.05, 0) is 29.8 Å². The summed E-state index contributed by atoms with van der Waals surface area (Å²) in [5.41, 5.74) is -3.01. The average molecular weight is 429 g/mol. The summed E-state index contributed by atoms with van der Waals surface area (Å²) >= 11 is 17.4. The van der Waals surface area contributed by atoms with Crippen molar-refractivity contribution in [2.45, 2.75) is 15.2 Å². The number of aromatic amines is 1. The lowest BCUT2D eigenvalue weighted by Crippen LogP contribution is -2.23. The van der Waals surface area contributed by atoms with E-state index in [9.17, 15) is 28.3 Å². The molecule has 5 nitrogen and oxygen atoms in total. The molecule has 0 saturated heterocycles. The first-order valence-electron chi connectivity index (χ1n) is 6.25. The van der Waals surface area contributed by atoms with Crippen LogP contribution >= 0.6 is 46.6 Å². The lowest BCUT2D eigenvalue weighted by molar-refractivity contribution is 0.0686. The fourth-order valence-electron chi connectivity index (χ4n) is 1.81. The van der Waals surface area contributed by atoms with Gasteiger partial charge in [-0.25, -0.2) is 4.79 Å². The Balaban J connectivity index is 2.71. The van der Waals surface area contributed by atoms with E-state index in [1.54, 1.807) is 4.98 Å². The molecule has 0 saturated carbocycles. The number of nitrogens with one attached hydrogen (secondary N) is 1. The van der Waals surface area contributed by atoms with Crippen LogP contribution in [-0.4, -0.2) is 22.3 Å². The zero-order valence-electron chi connectivity index (χ0n) is 11.8. The van der Waals surface area contributed by atoms with Gasteiger partial charge in [-0.3, -0.25) is 9.59 Å². The normalized spacial score (nSPS) is 11.4. The van der Waals surface area contributed by atoms with Crippen molar-refractivity contribution in [2.75, 3.05) is 0 Å². The minimum Gasteiger partial charge on any atom is -0.477 e. The molecule has 2 N–H and O–H groups in total. The number of benzene rings is 1. The van der Waals surface area contributed by atoms with E-state index in [0.29, 0.717) is 24.1 Å². The second kappa shape index (κ2) is 7.33. The number of carbonyl (C=O) groups is 2. The highest BCUT2D eigenvalue weighted by molar-refractivity contribution is 7.99. The molecule has 25 heavy (non-hydrogen) atoms. The van der Waals surface area contributed by atoms with Gasteiger partial charge in [0.15, 0.2) is 6.29 Å². The van der Waals surface area contributed by atoms with Crippen LogP contribution < -0.4 is 5.56 Å². The summed E-state index contributed by atoms with van der Waals surface area (Å²) in [5, 5.41) is 5.19. The fraction of sp³-hybridized carbons (Fsp3) is 0.0714. The van der Waals surface area contributed by atoms with Gasteiger partial charge in [-0.1, -0.05) is 35.0 Å². The lowest BCUT2D eigenvalue weighted by Gasteiger charge is -2.13. The molecule has 1 aromatic heterocycles. The molecule has 2 aromatic rings. The quantitative estimate of drug-likeness (QED) is 0.535. The highest BCUT2D eigenvalue weighted by Gasteiger charge is 2.32. The molecular formula is C14H6Cl3F2NO4S. The van der Waals surface area contributed by atoms with Crippen molar-refractivity contribution in [3.8, 4) is 0 Å². The van der Waals surface area contributed by atoms with E-state index in [-0.39, 0.29) is 25.4 Å². The van der Waals surface area contributed by atoms with E-state index in [2.05, 4.69) is 0 Å². The van der Waals surface area contributed by atoms with Crippen molar-refractivity contribution >= 4 is 58.8 Å². The van der Waals surface area contributed by atoms with Crippen molar-refractivity contribution in [1.29, 1.82) is 0 Å². The highest BCUT2D eigenvalue weighted by Crippen LogP contribution is 2.42. The van der Waals surface area contributed by atoms with Gasteiger partial charge in [0.2, 0.25) is 0 Å². The molecule has 0 radical (unpaired) electrons. The smallest absolute Gasteiger partial charge is 0.362 e. The average Bonchev–Trinajstić information content (AvgIpc) is 2.49. The number of carbonyl (C=O) groups excluding carboxylic acids is 1. The number of aromatic nitrogens is 1. The largest absolute Gasteiger partial charge is 0.477 e. The predicted octanol–water partition coefficient (Wildman–Crippen LogP) is 4.63. The number of alkyl halides is 3. The number of carboxylic acid groups (broad SMARTS) is 1. The van der Waals surface area contributed by atoms with Gasteiger partial charge < -0.3 is 10.1 Å². The van der Waals surface area contributed by atoms with Gasteiger partial charge in [-0.2, -0.15) is 8.78 Å². The molecule has 0 bridgehead atoms. The zero-order valence-corrected chi connectivity index (χ0v) is 14.9. The molecule has 0 aliphatic rings. The van der Waals surface area contributed by atoms with Crippen molar-refractivity contribution in [3.63, 3.8) is 0 Å². The van der Waals surface area contributed by atoms with Crippen LogP contribution in [0.5, 0.6) is 0 Å². The first-order chi connectivity index (χ1) is 11.6. The van der Waals surface area contributed by atoms with E-state index in [1.807, 2.05) is 0 Å². The van der Waals surface area contributed by atoms with Crippen LogP contribution in [0.3, 0.4) is 0 Å². The minimum atomic E-state index is -3.93. The fourth-order valence-corrected chi connectivity index (χ4v) is 3.61. The van der Waals surface area contributed by atoms with Gasteiger partial charge in [-0.15, -0.1) is 0 Å². The van der Waals surface area contributed by atoms with Gasteiger partial charge in [0.1, 0.15) is 11.3 Å². The molecule has 0 amide bonds. The maximum absolute atomic E-state index is 13.3. The van der Waals surface area contributed by atoms with Gasteiger partial charge >= 0.3 is 11.4 Å². The Bertz CT molecular complexity index is 928. The van der Waals surface area contributed by atoms with Crippen LogP contribution in [-0.2, 0) is 5.38 Å². The highest BCUT2D eigenvalue weighted by atomic mass is 35.5. The molecule has 0 aliphatic carbocycles. The van der Waals surface area contributed by atoms with Crippen LogP contribution in [0.4, 0.5) is 8.78 Å². The third-order valence-corrected chi connectivity index (χ3v) is 5.25. The third-order valence-electron chi connectivity index (χ3n) is 2.93. The van der Waals surface area contributed by atoms with Gasteiger partial charge in [0.25, 0.3) is 5.56 Å². The Morgan fingerprint density at radius 1 is 1.32 bits per heavy atom. The topological polar surface area (TPSA) is 87.2 Å². The molecule has 2 rings (SSSR count). The summed E-state index contributed by atoms with van der Waals surface area (Å²) in [6.45, 7) is 0. The Kier molecular flexibility index (Phi) is 5.78. The summed E-state index contributed by atoms with van der Waals surface area (Å²) in [6.07, 6.45) is 0.441. The first-order valence-corrected chi connectivity index (χ1v) is 8.20.